The van der Waals surface area contributed by atoms with E-state index in [0.717, 1.165) is 16.7 Å². The SMILES string of the molecule is COC(C)(C)CNC(=O)N[C@@H](C)c1ccc(-c2cccnc2)cc1. The van der Waals surface area contributed by atoms with Crippen molar-refractivity contribution in [3.63, 3.8) is 0 Å². The van der Waals surface area contributed by atoms with Crippen molar-refractivity contribution in [3.8, 4) is 11.1 Å². The molecular formula is C19H25N3O2. The molecule has 0 radical (unpaired) electrons. The number of ether oxygens (including phenoxy) is 1. The van der Waals surface area contributed by atoms with Gasteiger partial charge < -0.3 is 15.4 Å². The number of hydrogen-bond donors (Lipinski definition) is 2. The summed E-state index contributed by atoms with van der Waals surface area (Å²) >= 11 is 0. The summed E-state index contributed by atoms with van der Waals surface area (Å²) in [6.45, 7) is 6.25. The fraction of sp³-hybridized carbons (Fsp3) is 0.368. The molecule has 0 aliphatic heterocycles. The van der Waals surface area contributed by atoms with Crippen LogP contribution in [0.1, 0.15) is 32.4 Å². The normalized spacial score (nSPS) is 12.5. The van der Waals surface area contributed by atoms with E-state index in [1.807, 2.05) is 63.4 Å². The Morgan fingerprint density at radius 3 is 2.50 bits per heavy atom. The lowest BCUT2D eigenvalue weighted by Crippen LogP contribution is -2.44. The quantitative estimate of drug-likeness (QED) is 0.853. The van der Waals surface area contributed by atoms with Gasteiger partial charge in [0.1, 0.15) is 0 Å². The first-order valence-corrected chi connectivity index (χ1v) is 8.01. The van der Waals surface area contributed by atoms with Gasteiger partial charge in [-0.1, -0.05) is 30.3 Å². The molecule has 1 aromatic heterocycles. The topological polar surface area (TPSA) is 63.2 Å². The third-order valence-corrected chi connectivity index (χ3v) is 3.98. The first kappa shape index (κ1) is 17.9. The number of pyridine rings is 1. The Kier molecular flexibility index (Phi) is 5.93. The van der Waals surface area contributed by atoms with Crippen LogP contribution in [0.15, 0.2) is 48.8 Å². The highest BCUT2D eigenvalue weighted by atomic mass is 16.5. The maximum Gasteiger partial charge on any atom is 0.315 e. The molecule has 5 nitrogen and oxygen atoms in total. The fourth-order valence-corrected chi connectivity index (χ4v) is 2.19. The Balaban J connectivity index is 1.93. The number of aromatic nitrogens is 1. The molecule has 5 heteroatoms. The summed E-state index contributed by atoms with van der Waals surface area (Å²) in [6.07, 6.45) is 3.59. The predicted molar refractivity (Wildman–Crippen MR) is 95.7 cm³/mol. The van der Waals surface area contributed by atoms with Crippen LogP contribution >= 0.6 is 0 Å². The minimum Gasteiger partial charge on any atom is -0.377 e. The molecule has 0 aliphatic rings. The van der Waals surface area contributed by atoms with E-state index in [9.17, 15) is 4.79 Å². The lowest BCUT2D eigenvalue weighted by molar-refractivity contribution is 0.0253. The molecule has 2 aromatic rings. The highest BCUT2D eigenvalue weighted by Crippen LogP contribution is 2.21. The maximum atomic E-state index is 12.0. The number of nitrogens with zero attached hydrogens (tertiary/aromatic N) is 1. The van der Waals surface area contributed by atoms with Crippen molar-refractivity contribution in [2.24, 2.45) is 0 Å². The van der Waals surface area contributed by atoms with Crippen LogP contribution in [0.4, 0.5) is 4.79 Å². The van der Waals surface area contributed by atoms with Gasteiger partial charge in [0.15, 0.2) is 0 Å². The molecule has 128 valence electrons. The summed E-state index contributed by atoms with van der Waals surface area (Å²) in [5.74, 6) is 0. The Hall–Kier alpha value is -2.40. The molecule has 1 aromatic carbocycles. The van der Waals surface area contributed by atoms with Crippen LogP contribution in [0.3, 0.4) is 0 Å². The van der Waals surface area contributed by atoms with Gasteiger partial charge in [0.25, 0.3) is 0 Å². The number of nitrogens with one attached hydrogen (secondary N) is 2. The molecule has 24 heavy (non-hydrogen) atoms. The zero-order valence-corrected chi connectivity index (χ0v) is 14.7. The molecule has 2 rings (SSSR count). The average molecular weight is 327 g/mol. The number of rotatable bonds is 6. The first-order chi connectivity index (χ1) is 11.4. The lowest BCUT2D eigenvalue weighted by Gasteiger charge is -2.24. The maximum absolute atomic E-state index is 12.0. The standard InChI is InChI=1S/C19H25N3O2/c1-14(22-18(23)21-13-19(2,3)24-4)15-7-9-16(10-8-15)17-6-5-11-20-12-17/h5-12,14H,13H2,1-4H3,(H2,21,22,23)/t14-/m0/s1. The summed E-state index contributed by atoms with van der Waals surface area (Å²) in [6, 6.07) is 11.8. The number of methoxy groups -OCH3 is 1. The molecule has 0 saturated carbocycles. The number of amides is 2. The highest BCUT2D eigenvalue weighted by molar-refractivity contribution is 5.74. The minimum absolute atomic E-state index is 0.0846. The van der Waals surface area contributed by atoms with Gasteiger partial charge in [0.05, 0.1) is 11.6 Å². The predicted octanol–water partition coefficient (Wildman–Crippen LogP) is 3.53. The zero-order valence-electron chi connectivity index (χ0n) is 14.7. The number of carbonyl (C=O) groups excluding carboxylic acids is 1. The lowest BCUT2D eigenvalue weighted by atomic mass is 10.0. The van der Waals surface area contributed by atoms with Gasteiger partial charge >= 0.3 is 6.03 Å². The van der Waals surface area contributed by atoms with Crippen molar-refractivity contribution in [2.45, 2.75) is 32.4 Å². The Morgan fingerprint density at radius 2 is 1.92 bits per heavy atom. The van der Waals surface area contributed by atoms with Gasteiger partial charge in [-0.05, 0) is 43.5 Å². The van der Waals surface area contributed by atoms with Crippen LogP contribution in [0.2, 0.25) is 0 Å². The Labute approximate surface area is 143 Å². The average Bonchev–Trinajstić information content (AvgIpc) is 2.61. The first-order valence-electron chi connectivity index (χ1n) is 8.01. The van der Waals surface area contributed by atoms with Crippen LogP contribution in [0.25, 0.3) is 11.1 Å². The number of benzene rings is 1. The van der Waals surface area contributed by atoms with E-state index in [1.54, 1.807) is 13.3 Å². The summed E-state index contributed by atoms with van der Waals surface area (Å²) in [5, 5.41) is 5.76. The number of hydrogen-bond acceptors (Lipinski definition) is 3. The molecule has 0 unspecified atom stereocenters. The highest BCUT2D eigenvalue weighted by Gasteiger charge is 2.18. The largest absolute Gasteiger partial charge is 0.377 e. The molecule has 2 N–H and O–H groups in total. The zero-order chi connectivity index (χ0) is 17.6. The molecule has 0 aliphatic carbocycles. The summed E-state index contributed by atoms with van der Waals surface area (Å²) < 4.78 is 5.29. The van der Waals surface area contributed by atoms with Crippen LogP contribution in [-0.2, 0) is 4.74 Å². The van der Waals surface area contributed by atoms with E-state index < -0.39 is 0 Å². The van der Waals surface area contributed by atoms with Gasteiger partial charge in [0.2, 0.25) is 0 Å². The van der Waals surface area contributed by atoms with Crippen molar-refractivity contribution in [2.75, 3.05) is 13.7 Å². The van der Waals surface area contributed by atoms with E-state index in [1.165, 1.54) is 0 Å². The Bertz CT molecular complexity index is 654. The number of urea groups is 1. The molecular weight excluding hydrogens is 302 g/mol. The van der Waals surface area contributed by atoms with Gasteiger partial charge in [-0.3, -0.25) is 4.98 Å². The van der Waals surface area contributed by atoms with Crippen LogP contribution in [0, 0.1) is 0 Å². The van der Waals surface area contributed by atoms with Crippen molar-refractivity contribution in [3.05, 3.63) is 54.4 Å². The summed E-state index contributed by atoms with van der Waals surface area (Å²) in [4.78, 5) is 16.1. The van der Waals surface area contributed by atoms with E-state index >= 15 is 0 Å². The molecule has 1 atom stereocenters. The monoisotopic (exact) mass is 327 g/mol. The minimum atomic E-state index is -0.383. The fourth-order valence-electron chi connectivity index (χ4n) is 2.19. The van der Waals surface area contributed by atoms with Crippen molar-refractivity contribution in [1.29, 1.82) is 0 Å². The van der Waals surface area contributed by atoms with Crippen LogP contribution < -0.4 is 10.6 Å². The van der Waals surface area contributed by atoms with E-state index in [0.29, 0.717) is 6.54 Å². The van der Waals surface area contributed by atoms with Gasteiger partial charge in [-0.2, -0.15) is 0 Å². The smallest absolute Gasteiger partial charge is 0.315 e. The molecule has 0 bridgehead atoms. The molecule has 0 saturated heterocycles. The molecule has 2 amide bonds. The second-order valence-corrected chi connectivity index (χ2v) is 6.38. The third kappa shape index (κ3) is 5.06. The third-order valence-electron chi connectivity index (χ3n) is 3.98. The van der Waals surface area contributed by atoms with E-state index in [-0.39, 0.29) is 17.7 Å². The molecule has 1 heterocycles. The summed E-state index contributed by atoms with van der Waals surface area (Å²) in [5.41, 5.74) is 2.84. The van der Waals surface area contributed by atoms with Gasteiger partial charge in [-0.25, -0.2) is 4.79 Å². The summed E-state index contributed by atoms with van der Waals surface area (Å²) in [7, 11) is 1.63. The van der Waals surface area contributed by atoms with Crippen LogP contribution in [-0.4, -0.2) is 30.3 Å². The molecule has 0 fully saturated rings. The van der Waals surface area contributed by atoms with Gasteiger partial charge in [0, 0.05) is 26.0 Å². The van der Waals surface area contributed by atoms with E-state index in [2.05, 4.69) is 15.6 Å². The number of carbonyl (C=O) groups is 1. The van der Waals surface area contributed by atoms with Crippen molar-refractivity contribution < 1.29 is 9.53 Å². The van der Waals surface area contributed by atoms with Crippen molar-refractivity contribution >= 4 is 6.03 Å². The molecule has 0 spiro atoms. The van der Waals surface area contributed by atoms with E-state index in [4.69, 9.17) is 4.74 Å². The Morgan fingerprint density at radius 1 is 1.21 bits per heavy atom. The second-order valence-electron chi connectivity index (χ2n) is 6.38. The second kappa shape index (κ2) is 7.93. The van der Waals surface area contributed by atoms with Crippen LogP contribution in [0.5, 0.6) is 0 Å². The van der Waals surface area contributed by atoms with Gasteiger partial charge in [-0.15, -0.1) is 0 Å². The van der Waals surface area contributed by atoms with Crippen molar-refractivity contribution in [1.82, 2.24) is 15.6 Å².